The predicted octanol–water partition coefficient (Wildman–Crippen LogP) is 3.65. The van der Waals surface area contributed by atoms with Gasteiger partial charge in [0.1, 0.15) is 24.7 Å². The SMILES string of the molecule is Cc1cccc(OCCOc2ccc(/C=N/N3C(=O)CSC3=S)cc2)c1. The number of nitrogens with zero attached hydrogens (tertiary/aromatic N) is 2. The maximum absolute atomic E-state index is 11.6. The monoisotopic (exact) mass is 386 g/mol. The molecule has 1 aliphatic rings. The Balaban J connectivity index is 1.45. The highest BCUT2D eigenvalue weighted by atomic mass is 32.2. The molecule has 0 radical (unpaired) electrons. The minimum absolute atomic E-state index is 0.0928. The molecule has 1 fully saturated rings. The summed E-state index contributed by atoms with van der Waals surface area (Å²) >= 11 is 6.40. The Bertz CT molecular complexity index is 806. The average molecular weight is 386 g/mol. The van der Waals surface area contributed by atoms with Crippen molar-refractivity contribution in [3.05, 3.63) is 59.7 Å². The Morgan fingerprint density at radius 3 is 2.54 bits per heavy atom. The third-order valence-corrected chi connectivity index (χ3v) is 4.88. The highest BCUT2D eigenvalue weighted by molar-refractivity contribution is 8.23. The van der Waals surface area contributed by atoms with Crippen molar-refractivity contribution in [2.45, 2.75) is 6.92 Å². The van der Waals surface area contributed by atoms with Crippen LogP contribution in [-0.2, 0) is 4.79 Å². The van der Waals surface area contributed by atoms with Gasteiger partial charge in [-0.2, -0.15) is 10.1 Å². The molecule has 7 heteroatoms. The summed E-state index contributed by atoms with van der Waals surface area (Å²) in [5.41, 5.74) is 2.02. The van der Waals surface area contributed by atoms with Crippen molar-refractivity contribution in [1.82, 2.24) is 5.01 Å². The van der Waals surface area contributed by atoms with Gasteiger partial charge >= 0.3 is 0 Å². The summed E-state index contributed by atoms with van der Waals surface area (Å²) in [6.45, 7) is 2.95. The van der Waals surface area contributed by atoms with E-state index < -0.39 is 0 Å². The summed E-state index contributed by atoms with van der Waals surface area (Å²) in [7, 11) is 0. The third kappa shape index (κ3) is 5.06. The van der Waals surface area contributed by atoms with Gasteiger partial charge in [0.15, 0.2) is 4.32 Å². The molecule has 1 amide bonds. The number of amides is 1. The molecular formula is C19H18N2O3S2. The summed E-state index contributed by atoms with van der Waals surface area (Å²) in [5.74, 6) is 1.85. The molecule has 3 rings (SSSR count). The van der Waals surface area contributed by atoms with Crippen LogP contribution in [0.15, 0.2) is 53.6 Å². The van der Waals surface area contributed by atoms with E-state index in [1.807, 2.05) is 55.5 Å². The van der Waals surface area contributed by atoms with Crippen LogP contribution >= 0.6 is 24.0 Å². The zero-order valence-corrected chi connectivity index (χ0v) is 15.9. The van der Waals surface area contributed by atoms with Crippen LogP contribution in [-0.4, -0.2) is 40.4 Å². The van der Waals surface area contributed by atoms with Gasteiger partial charge in [0.2, 0.25) is 0 Å². The number of carbonyl (C=O) groups is 1. The number of aryl methyl sites for hydroxylation is 1. The van der Waals surface area contributed by atoms with Gasteiger partial charge in [0.05, 0.1) is 12.0 Å². The summed E-state index contributed by atoms with van der Waals surface area (Å²) in [6, 6.07) is 15.4. The first-order valence-corrected chi connectivity index (χ1v) is 9.47. The molecule has 0 spiro atoms. The lowest BCUT2D eigenvalue weighted by molar-refractivity contribution is -0.123. The molecule has 1 aliphatic heterocycles. The number of thiocarbonyl (C=S) groups is 1. The molecule has 1 heterocycles. The van der Waals surface area contributed by atoms with Crippen molar-refractivity contribution in [3.8, 4) is 11.5 Å². The van der Waals surface area contributed by atoms with Gasteiger partial charge in [-0.05, 0) is 54.4 Å². The number of ether oxygens (including phenoxy) is 2. The van der Waals surface area contributed by atoms with Gasteiger partial charge in [-0.3, -0.25) is 4.79 Å². The Morgan fingerprint density at radius 1 is 1.15 bits per heavy atom. The second-order valence-corrected chi connectivity index (χ2v) is 7.20. The lowest BCUT2D eigenvalue weighted by Gasteiger charge is -2.09. The van der Waals surface area contributed by atoms with Crippen molar-refractivity contribution in [3.63, 3.8) is 0 Å². The molecule has 0 aliphatic carbocycles. The summed E-state index contributed by atoms with van der Waals surface area (Å²) in [5, 5.41) is 5.39. The second kappa shape index (κ2) is 8.82. The summed E-state index contributed by atoms with van der Waals surface area (Å²) < 4.78 is 11.8. The van der Waals surface area contributed by atoms with Crippen molar-refractivity contribution in [2.75, 3.05) is 19.0 Å². The number of rotatable bonds is 7. The molecule has 26 heavy (non-hydrogen) atoms. The molecule has 0 aromatic heterocycles. The average Bonchev–Trinajstić information content (AvgIpc) is 2.96. The molecule has 2 aromatic rings. The zero-order valence-electron chi connectivity index (χ0n) is 14.3. The van der Waals surface area contributed by atoms with E-state index in [1.54, 1.807) is 6.21 Å². The van der Waals surface area contributed by atoms with Crippen LogP contribution in [0.2, 0.25) is 0 Å². The standard InChI is InChI=1S/C19H18N2O3S2/c1-14-3-2-4-17(11-14)24-10-9-23-16-7-5-15(6-8-16)12-20-21-18(22)13-26-19(21)25/h2-8,11-12H,9-10,13H2,1H3/b20-12+. The molecule has 134 valence electrons. The molecule has 5 nitrogen and oxygen atoms in total. The van der Waals surface area contributed by atoms with E-state index in [0.717, 1.165) is 22.6 Å². The van der Waals surface area contributed by atoms with Gasteiger partial charge in [0, 0.05) is 0 Å². The van der Waals surface area contributed by atoms with E-state index in [4.69, 9.17) is 21.7 Å². The van der Waals surface area contributed by atoms with E-state index in [1.165, 1.54) is 16.8 Å². The number of thioether (sulfide) groups is 1. The molecular weight excluding hydrogens is 368 g/mol. The maximum Gasteiger partial charge on any atom is 0.259 e. The van der Waals surface area contributed by atoms with E-state index in [-0.39, 0.29) is 5.91 Å². The van der Waals surface area contributed by atoms with Crippen molar-refractivity contribution in [1.29, 1.82) is 0 Å². The first-order valence-electron chi connectivity index (χ1n) is 8.08. The minimum Gasteiger partial charge on any atom is -0.490 e. The van der Waals surface area contributed by atoms with Gasteiger partial charge in [-0.1, -0.05) is 36.1 Å². The second-order valence-electron chi connectivity index (χ2n) is 5.59. The maximum atomic E-state index is 11.6. The fourth-order valence-corrected chi connectivity index (χ4v) is 3.22. The van der Waals surface area contributed by atoms with Crippen LogP contribution in [0, 0.1) is 6.92 Å². The summed E-state index contributed by atoms with van der Waals surface area (Å²) in [4.78, 5) is 11.6. The van der Waals surface area contributed by atoms with Gasteiger partial charge < -0.3 is 9.47 Å². The normalized spacial score (nSPS) is 14.3. The molecule has 0 bridgehead atoms. The number of benzene rings is 2. The smallest absolute Gasteiger partial charge is 0.259 e. The number of carbonyl (C=O) groups excluding carboxylic acids is 1. The fraction of sp³-hybridized carbons (Fsp3) is 0.211. The molecule has 0 atom stereocenters. The largest absolute Gasteiger partial charge is 0.490 e. The van der Waals surface area contributed by atoms with Crippen molar-refractivity contribution < 1.29 is 14.3 Å². The van der Waals surface area contributed by atoms with Crippen LogP contribution in [0.25, 0.3) is 0 Å². The summed E-state index contributed by atoms with van der Waals surface area (Å²) in [6.07, 6.45) is 1.61. The quantitative estimate of drug-likeness (QED) is 0.413. The zero-order chi connectivity index (χ0) is 18.4. The molecule has 0 unspecified atom stereocenters. The Morgan fingerprint density at radius 2 is 1.88 bits per heavy atom. The van der Waals surface area contributed by atoms with Gasteiger partial charge in [0.25, 0.3) is 5.91 Å². The van der Waals surface area contributed by atoms with E-state index in [2.05, 4.69) is 5.10 Å². The van der Waals surface area contributed by atoms with Crippen LogP contribution in [0.1, 0.15) is 11.1 Å². The van der Waals surface area contributed by atoms with Crippen LogP contribution < -0.4 is 9.47 Å². The van der Waals surface area contributed by atoms with Crippen LogP contribution in [0.3, 0.4) is 0 Å². The molecule has 0 saturated carbocycles. The predicted molar refractivity (Wildman–Crippen MR) is 108 cm³/mol. The lowest BCUT2D eigenvalue weighted by Crippen LogP contribution is -2.22. The highest BCUT2D eigenvalue weighted by Gasteiger charge is 2.25. The third-order valence-electron chi connectivity index (χ3n) is 3.54. The Kier molecular flexibility index (Phi) is 6.25. The topological polar surface area (TPSA) is 51.1 Å². The van der Waals surface area contributed by atoms with Gasteiger partial charge in [-0.25, -0.2) is 0 Å². The first-order chi connectivity index (χ1) is 12.6. The number of hydrogen-bond donors (Lipinski definition) is 0. The van der Waals surface area contributed by atoms with E-state index >= 15 is 0 Å². The van der Waals surface area contributed by atoms with Gasteiger partial charge in [-0.15, -0.1) is 0 Å². The van der Waals surface area contributed by atoms with Crippen molar-refractivity contribution >= 4 is 40.4 Å². The van der Waals surface area contributed by atoms with Crippen LogP contribution in [0.4, 0.5) is 0 Å². The van der Waals surface area contributed by atoms with Crippen molar-refractivity contribution in [2.24, 2.45) is 5.10 Å². The Hall–Kier alpha value is -2.38. The number of hydrazone groups is 1. The van der Waals surface area contributed by atoms with E-state index in [0.29, 0.717) is 23.3 Å². The highest BCUT2D eigenvalue weighted by Crippen LogP contribution is 2.19. The molecule has 2 aromatic carbocycles. The first kappa shape index (κ1) is 18.4. The van der Waals surface area contributed by atoms with Crippen LogP contribution in [0.5, 0.6) is 11.5 Å². The lowest BCUT2D eigenvalue weighted by atomic mass is 10.2. The number of hydrogen-bond acceptors (Lipinski definition) is 6. The van der Waals surface area contributed by atoms with E-state index in [9.17, 15) is 4.79 Å². The fourth-order valence-electron chi connectivity index (χ4n) is 2.26. The molecule has 1 saturated heterocycles. The minimum atomic E-state index is -0.0928. The molecule has 0 N–H and O–H groups in total. The Labute approximate surface area is 162 Å².